The minimum absolute atomic E-state index is 0.426. The molecule has 1 amide bonds. The number of anilines is 1. The number of rotatable bonds is 9. The third kappa shape index (κ3) is 4.46. The first kappa shape index (κ1) is 18.9. The number of pyridine rings is 1. The van der Waals surface area contributed by atoms with Gasteiger partial charge < -0.3 is 20.4 Å². The third-order valence-electron chi connectivity index (χ3n) is 4.80. The maximum atomic E-state index is 11.6. The number of imidazole rings is 1. The van der Waals surface area contributed by atoms with Crippen LogP contribution >= 0.6 is 0 Å². The summed E-state index contributed by atoms with van der Waals surface area (Å²) < 4.78 is 1.83. The number of carbonyl (C=O) groups is 1. The molecular formula is C21H27N5O. The predicted molar refractivity (Wildman–Crippen MR) is 110 cm³/mol. The van der Waals surface area contributed by atoms with Gasteiger partial charge in [0.05, 0.1) is 11.3 Å². The summed E-state index contributed by atoms with van der Waals surface area (Å²) in [5.41, 5.74) is 9.36. The summed E-state index contributed by atoms with van der Waals surface area (Å²) in [5, 5.41) is 3.46. The van der Waals surface area contributed by atoms with Crippen molar-refractivity contribution in [2.24, 2.45) is 5.73 Å². The van der Waals surface area contributed by atoms with Crippen LogP contribution in [-0.2, 0) is 0 Å². The molecule has 3 N–H and O–H groups in total. The lowest BCUT2D eigenvalue weighted by Gasteiger charge is -2.17. The zero-order valence-electron chi connectivity index (χ0n) is 16.0. The summed E-state index contributed by atoms with van der Waals surface area (Å²) >= 11 is 0. The average molecular weight is 365 g/mol. The molecule has 0 fully saturated rings. The van der Waals surface area contributed by atoms with E-state index in [0.717, 1.165) is 49.5 Å². The molecule has 3 rings (SSSR count). The number of amides is 1. The van der Waals surface area contributed by atoms with Gasteiger partial charge in [0.1, 0.15) is 5.65 Å². The Morgan fingerprint density at radius 1 is 1.19 bits per heavy atom. The summed E-state index contributed by atoms with van der Waals surface area (Å²) in [7, 11) is 0. The molecule has 0 saturated heterocycles. The zero-order valence-corrected chi connectivity index (χ0v) is 16.0. The monoisotopic (exact) mass is 365 g/mol. The number of fused-ring (bicyclic) bond motifs is 1. The molecule has 0 aliphatic heterocycles. The first-order valence-electron chi connectivity index (χ1n) is 9.46. The molecule has 0 spiro atoms. The van der Waals surface area contributed by atoms with Crippen LogP contribution < -0.4 is 11.1 Å². The number of hydrogen-bond donors (Lipinski definition) is 2. The van der Waals surface area contributed by atoms with Gasteiger partial charge in [0.25, 0.3) is 5.91 Å². The van der Waals surface area contributed by atoms with E-state index in [0.29, 0.717) is 11.2 Å². The number of benzene rings is 1. The highest BCUT2D eigenvalue weighted by Crippen LogP contribution is 2.22. The molecule has 0 aliphatic carbocycles. The lowest BCUT2D eigenvalue weighted by Crippen LogP contribution is -2.25. The number of hydrogen-bond acceptors (Lipinski definition) is 4. The molecule has 3 aromatic rings. The first-order valence-corrected chi connectivity index (χ1v) is 9.46. The van der Waals surface area contributed by atoms with Crippen LogP contribution in [-0.4, -0.2) is 46.4 Å². The quantitative estimate of drug-likeness (QED) is 0.571. The van der Waals surface area contributed by atoms with E-state index in [9.17, 15) is 4.79 Å². The van der Waals surface area contributed by atoms with Crippen LogP contribution in [0.5, 0.6) is 0 Å². The van der Waals surface area contributed by atoms with E-state index in [1.807, 2.05) is 28.9 Å². The van der Waals surface area contributed by atoms with E-state index < -0.39 is 5.91 Å². The summed E-state index contributed by atoms with van der Waals surface area (Å²) in [6.45, 7) is 8.65. The molecule has 1 aromatic carbocycles. The predicted octanol–water partition coefficient (Wildman–Crippen LogP) is 3.24. The van der Waals surface area contributed by atoms with Crippen molar-refractivity contribution in [2.45, 2.75) is 20.3 Å². The van der Waals surface area contributed by atoms with Gasteiger partial charge in [0, 0.05) is 30.2 Å². The molecule has 6 heteroatoms. The van der Waals surface area contributed by atoms with Gasteiger partial charge in [-0.25, -0.2) is 4.98 Å². The van der Waals surface area contributed by atoms with Crippen LogP contribution in [0.25, 0.3) is 16.9 Å². The van der Waals surface area contributed by atoms with Crippen LogP contribution in [0.4, 0.5) is 5.69 Å². The Morgan fingerprint density at radius 2 is 1.93 bits per heavy atom. The maximum Gasteiger partial charge on any atom is 0.252 e. The average Bonchev–Trinajstić information content (AvgIpc) is 3.12. The number of carbonyl (C=O) groups excluding carboxylic acids is 1. The summed E-state index contributed by atoms with van der Waals surface area (Å²) in [6, 6.07) is 11.7. The van der Waals surface area contributed by atoms with Crippen molar-refractivity contribution >= 4 is 17.2 Å². The number of primary amides is 1. The lowest BCUT2D eigenvalue weighted by atomic mass is 10.1. The van der Waals surface area contributed by atoms with Gasteiger partial charge in [-0.3, -0.25) is 4.79 Å². The largest absolute Gasteiger partial charge is 0.385 e. The number of nitrogens with two attached hydrogens (primary N) is 1. The summed E-state index contributed by atoms with van der Waals surface area (Å²) in [6.07, 6.45) is 4.89. The zero-order chi connectivity index (χ0) is 19.2. The number of aromatic nitrogens is 2. The highest BCUT2D eigenvalue weighted by Gasteiger charge is 2.11. The second kappa shape index (κ2) is 8.68. The Bertz CT molecular complexity index is 897. The second-order valence-corrected chi connectivity index (χ2v) is 6.53. The molecule has 2 heterocycles. The molecule has 2 aromatic heterocycles. The van der Waals surface area contributed by atoms with Crippen LogP contribution in [0.1, 0.15) is 30.6 Å². The van der Waals surface area contributed by atoms with Crippen molar-refractivity contribution < 1.29 is 4.79 Å². The van der Waals surface area contributed by atoms with Gasteiger partial charge in [0.2, 0.25) is 0 Å². The van der Waals surface area contributed by atoms with E-state index in [-0.39, 0.29) is 0 Å². The number of nitrogens with one attached hydrogen (secondary N) is 1. The standard InChI is InChI=1S/C21H27N5O/c1-3-25(4-2)13-6-12-23-17-10-8-16(9-11-17)19-15-26-14-5-7-18(20(22)27)21(26)24-19/h5,7-11,14-15,23H,3-4,6,12-13H2,1-2H3,(H2,22,27). The SMILES string of the molecule is CCN(CC)CCCNc1ccc(-c2cn3cccc(C(N)=O)c3n2)cc1. The highest BCUT2D eigenvalue weighted by atomic mass is 16.1. The van der Waals surface area contributed by atoms with Gasteiger partial charge in [-0.05, 0) is 50.3 Å². The molecule has 6 nitrogen and oxygen atoms in total. The molecule has 142 valence electrons. The number of nitrogens with zero attached hydrogens (tertiary/aromatic N) is 3. The van der Waals surface area contributed by atoms with E-state index in [1.165, 1.54) is 0 Å². The van der Waals surface area contributed by atoms with E-state index >= 15 is 0 Å². The molecule has 0 unspecified atom stereocenters. The highest BCUT2D eigenvalue weighted by molar-refractivity contribution is 5.98. The first-order chi connectivity index (χ1) is 13.1. The normalized spacial score (nSPS) is 11.2. The van der Waals surface area contributed by atoms with Gasteiger partial charge in [0.15, 0.2) is 0 Å². The molecule has 0 saturated carbocycles. The van der Waals surface area contributed by atoms with E-state index in [4.69, 9.17) is 5.73 Å². The van der Waals surface area contributed by atoms with E-state index in [1.54, 1.807) is 12.1 Å². The van der Waals surface area contributed by atoms with Crippen molar-refractivity contribution in [1.82, 2.24) is 14.3 Å². The van der Waals surface area contributed by atoms with Crippen molar-refractivity contribution in [3.05, 3.63) is 54.4 Å². The smallest absolute Gasteiger partial charge is 0.252 e. The molecule has 0 radical (unpaired) electrons. The second-order valence-electron chi connectivity index (χ2n) is 6.53. The topological polar surface area (TPSA) is 75.7 Å². The van der Waals surface area contributed by atoms with Gasteiger partial charge in [-0.1, -0.05) is 26.0 Å². The van der Waals surface area contributed by atoms with Crippen molar-refractivity contribution in [3.63, 3.8) is 0 Å². The fourth-order valence-corrected chi connectivity index (χ4v) is 3.18. The third-order valence-corrected chi connectivity index (χ3v) is 4.80. The summed E-state index contributed by atoms with van der Waals surface area (Å²) in [5.74, 6) is -0.470. The van der Waals surface area contributed by atoms with Crippen LogP contribution in [0.3, 0.4) is 0 Å². The van der Waals surface area contributed by atoms with Crippen LogP contribution in [0.2, 0.25) is 0 Å². The maximum absolute atomic E-state index is 11.6. The van der Waals surface area contributed by atoms with Crippen LogP contribution in [0.15, 0.2) is 48.8 Å². The fourth-order valence-electron chi connectivity index (χ4n) is 3.18. The minimum atomic E-state index is -0.470. The Balaban J connectivity index is 1.66. The Morgan fingerprint density at radius 3 is 2.59 bits per heavy atom. The van der Waals surface area contributed by atoms with Gasteiger partial charge in [-0.15, -0.1) is 0 Å². The van der Waals surface area contributed by atoms with Crippen molar-refractivity contribution in [3.8, 4) is 11.3 Å². The van der Waals surface area contributed by atoms with Crippen molar-refractivity contribution in [1.29, 1.82) is 0 Å². The van der Waals surface area contributed by atoms with Gasteiger partial charge >= 0.3 is 0 Å². The summed E-state index contributed by atoms with van der Waals surface area (Å²) in [4.78, 5) is 18.6. The molecule has 0 bridgehead atoms. The molecular weight excluding hydrogens is 338 g/mol. The Hall–Kier alpha value is -2.86. The van der Waals surface area contributed by atoms with Gasteiger partial charge in [-0.2, -0.15) is 0 Å². The van der Waals surface area contributed by atoms with E-state index in [2.05, 4.69) is 41.2 Å². The lowest BCUT2D eigenvalue weighted by molar-refractivity contribution is 0.100. The molecule has 0 aliphatic rings. The molecule has 27 heavy (non-hydrogen) atoms. The van der Waals surface area contributed by atoms with Crippen LogP contribution in [0, 0.1) is 0 Å². The van der Waals surface area contributed by atoms with Crippen molar-refractivity contribution in [2.75, 3.05) is 31.5 Å². The Labute approximate surface area is 160 Å². The minimum Gasteiger partial charge on any atom is -0.385 e. The Kier molecular flexibility index (Phi) is 6.08. The fraction of sp³-hybridized carbons (Fsp3) is 0.333. The molecule has 0 atom stereocenters.